The lowest BCUT2D eigenvalue weighted by molar-refractivity contribution is -0.385. The van der Waals surface area contributed by atoms with E-state index in [0.717, 1.165) is 12.1 Å². The molecule has 0 spiro atoms. The molecule has 0 amide bonds. The number of nitrogens with one attached hydrogen (secondary N) is 1. The van der Waals surface area contributed by atoms with Gasteiger partial charge in [-0.25, -0.2) is 13.2 Å². The van der Waals surface area contributed by atoms with Crippen molar-refractivity contribution in [2.24, 2.45) is 0 Å². The van der Waals surface area contributed by atoms with Crippen molar-refractivity contribution in [3.05, 3.63) is 28.3 Å². The zero-order valence-corrected chi connectivity index (χ0v) is 15.1. The van der Waals surface area contributed by atoms with Crippen LogP contribution in [0, 0.1) is 10.1 Å². The van der Waals surface area contributed by atoms with Crippen LogP contribution in [-0.4, -0.2) is 61.1 Å². The van der Waals surface area contributed by atoms with E-state index in [1.807, 2.05) is 0 Å². The van der Waals surface area contributed by atoms with Gasteiger partial charge in [-0.3, -0.25) is 10.1 Å². The van der Waals surface area contributed by atoms with Gasteiger partial charge in [0.2, 0.25) is 10.0 Å². The molecule has 0 bridgehead atoms. The standard InChI is InChI=1S/C15H21N3O7S/c1-2-3-13(15(19)20)16-12-5-4-11(18(21)22)10-14(12)26(23,24)17-6-8-25-9-7-17/h4-5,10,13,16H,2-3,6-9H2,1H3,(H,19,20). The van der Waals surface area contributed by atoms with Gasteiger partial charge in [-0.05, 0) is 12.5 Å². The van der Waals surface area contributed by atoms with Gasteiger partial charge in [0.1, 0.15) is 10.9 Å². The summed E-state index contributed by atoms with van der Waals surface area (Å²) in [6.45, 7) is 2.51. The van der Waals surface area contributed by atoms with Gasteiger partial charge < -0.3 is 15.2 Å². The number of nitro groups is 1. The summed E-state index contributed by atoms with van der Waals surface area (Å²) in [6, 6.07) is 2.33. The Morgan fingerprint density at radius 1 is 1.42 bits per heavy atom. The first-order chi connectivity index (χ1) is 12.3. The third-order valence-corrected chi connectivity index (χ3v) is 5.91. The minimum absolute atomic E-state index is 0.0305. The number of benzene rings is 1. The summed E-state index contributed by atoms with van der Waals surface area (Å²) in [5.74, 6) is -1.13. The Morgan fingerprint density at radius 2 is 2.08 bits per heavy atom. The molecule has 1 unspecified atom stereocenters. The molecule has 1 fully saturated rings. The van der Waals surface area contributed by atoms with E-state index in [0.29, 0.717) is 6.42 Å². The molecule has 1 saturated heterocycles. The highest BCUT2D eigenvalue weighted by Crippen LogP contribution is 2.30. The smallest absolute Gasteiger partial charge is 0.326 e. The van der Waals surface area contributed by atoms with E-state index in [4.69, 9.17) is 4.74 Å². The molecule has 1 aliphatic heterocycles. The molecule has 11 heteroatoms. The summed E-state index contributed by atoms with van der Waals surface area (Å²) in [5.41, 5.74) is -0.354. The van der Waals surface area contributed by atoms with Crippen molar-refractivity contribution in [2.45, 2.75) is 30.7 Å². The quantitative estimate of drug-likeness (QED) is 0.502. The number of anilines is 1. The fourth-order valence-corrected chi connectivity index (χ4v) is 4.20. The van der Waals surface area contributed by atoms with Crippen LogP contribution in [0.25, 0.3) is 0 Å². The Kier molecular flexibility index (Phi) is 6.51. The number of sulfonamides is 1. The van der Waals surface area contributed by atoms with Gasteiger partial charge in [-0.15, -0.1) is 0 Å². The Balaban J connectivity index is 2.48. The van der Waals surface area contributed by atoms with Crippen molar-refractivity contribution in [1.29, 1.82) is 0 Å². The summed E-state index contributed by atoms with van der Waals surface area (Å²) in [7, 11) is -4.04. The third kappa shape index (κ3) is 4.48. The highest BCUT2D eigenvalue weighted by molar-refractivity contribution is 7.89. The van der Waals surface area contributed by atoms with Crippen molar-refractivity contribution < 1.29 is 28.0 Å². The van der Waals surface area contributed by atoms with Crippen molar-refractivity contribution in [3.8, 4) is 0 Å². The number of carboxylic acid groups (broad SMARTS) is 1. The number of hydrogen-bond donors (Lipinski definition) is 2. The van der Waals surface area contributed by atoms with Gasteiger partial charge in [-0.1, -0.05) is 13.3 Å². The third-order valence-electron chi connectivity index (χ3n) is 3.97. The van der Waals surface area contributed by atoms with Crippen LogP contribution in [0.15, 0.2) is 23.1 Å². The number of carbonyl (C=O) groups is 1. The molecule has 0 aromatic heterocycles. The van der Waals surface area contributed by atoms with Gasteiger partial charge >= 0.3 is 5.97 Å². The second-order valence-corrected chi connectivity index (χ2v) is 7.68. The molecule has 1 aliphatic rings. The molecule has 144 valence electrons. The van der Waals surface area contributed by atoms with Crippen LogP contribution in [0.3, 0.4) is 0 Å². The summed E-state index contributed by atoms with van der Waals surface area (Å²) >= 11 is 0. The Labute approximate surface area is 151 Å². The SMILES string of the molecule is CCCC(Nc1ccc([N+](=O)[O-])cc1S(=O)(=O)N1CCOCC1)C(=O)O. The second-order valence-electron chi connectivity index (χ2n) is 5.78. The lowest BCUT2D eigenvalue weighted by Crippen LogP contribution is -2.41. The maximum Gasteiger partial charge on any atom is 0.326 e. The van der Waals surface area contributed by atoms with E-state index in [1.165, 1.54) is 10.4 Å². The number of nitro benzene ring substituents is 1. The molecule has 26 heavy (non-hydrogen) atoms. The Morgan fingerprint density at radius 3 is 2.62 bits per heavy atom. The number of carboxylic acids is 1. The van der Waals surface area contributed by atoms with E-state index in [1.54, 1.807) is 6.92 Å². The number of ether oxygens (including phenoxy) is 1. The first-order valence-electron chi connectivity index (χ1n) is 8.13. The number of morpholine rings is 1. The predicted molar refractivity (Wildman–Crippen MR) is 92.6 cm³/mol. The summed E-state index contributed by atoms with van der Waals surface area (Å²) in [6.07, 6.45) is 0.853. The largest absolute Gasteiger partial charge is 0.480 e. The van der Waals surface area contributed by atoms with Crippen LogP contribution < -0.4 is 5.32 Å². The molecule has 1 aromatic rings. The van der Waals surface area contributed by atoms with Crippen molar-refractivity contribution in [2.75, 3.05) is 31.6 Å². The van der Waals surface area contributed by atoms with Crippen LogP contribution >= 0.6 is 0 Å². The van der Waals surface area contributed by atoms with Crippen molar-refractivity contribution >= 4 is 27.4 Å². The molecule has 2 rings (SSSR count). The molecule has 0 aliphatic carbocycles. The molecule has 0 radical (unpaired) electrons. The molecule has 10 nitrogen and oxygen atoms in total. The van der Waals surface area contributed by atoms with Crippen LogP contribution in [0.5, 0.6) is 0 Å². The Bertz CT molecular complexity index is 775. The maximum atomic E-state index is 13.0. The van der Waals surface area contributed by atoms with Gasteiger partial charge in [0, 0.05) is 25.2 Å². The van der Waals surface area contributed by atoms with E-state index < -0.39 is 27.0 Å². The molecule has 1 aromatic carbocycles. The highest BCUT2D eigenvalue weighted by atomic mass is 32.2. The monoisotopic (exact) mass is 387 g/mol. The first-order valence-corrected chi connectivity index (χ1v) is 9.57. The molecule has 1 atom stereocenters. The summed E-state index contributed by atoms with van der Waals surface area (Å²) < 4.78 is 32.2. The molecule has 1 heterocycles. The first kappa shape index (κ1) is 20.1. The average molecular weight is 387 g/mol. The van der Waals surface area contributed by atoms with Crippen LogP contribution in [0.1, 0.15) is 19.8 Å². The predicted octanol–water partition coefficient (Wildman–Crippen LogP) is 1.28. The maximum absolute atomic E-state index is 13.0. The highest BCUT2D eigenvalue weighted by Gasteiger charge is 2.31. The van der Waals surface area contributed by atoms with Gasteiger partial charge in [-0.2, -0.15) is 4.31 Å². The molecular formula is C15H21N3O7S. The topological polar surface area (TPSA) is 139 Å². The van der Waals surface area contributed by atoms with E-state index >= 15 is 0 Å². The van der Waals surface area contributed by atoms with Crippen molar-refractivity contribution in [1.82, 2.24) is 4.31 Å². The lowest BCUT2D eigenvalue weighted by atomic mass is 10.1. The number of aliphatic carboxylic acids is 1. The van der Waals surface area contributed by atoms with E-state index in [-0.39, 0.29) is 49.0 Å². The zero-order valence-electron chi connectivity index (χ0n) is 14.3. The second kappa shape index (κ2) is 8.43. The molecule has 2 N–H and O–H groups in total. The normalized spacial score (nSPS) is 16.8. The number of rotatable bonds is 8. The van der Waals surface area contributed by atoms with Crippen LogP contribution in [0.2, 0.25) is 0 Å². The summed E-state index contributed by atoms with van der Waals surface area (Å²) in [4.78, 5) is 21.4. The number of non-ortho nitro benzene ring substituents is 1. The van der Waals surface area contributed by atoms with E-state index in [2.05, 4.69) is 5.32 Å². The summed E-state index contributed by atoms with van der Waals surface area (Å²) in [5, 5.41) is 23.1. The minimum Gasteiger partial charge on any atom is -0.480 e. The number of hydrogen-bond acceptors (Lipinski definition) is 7. The van der Waals surface area contributed by atoms with Crippen molar-refractivity contribution in [3.63, 3.8) is 0 Å². The van der Waals surface area contributed by atoms with Crippen LogP contribution in [-0.2, 0) is 19.6 Å². The van der Waals surface area contributed by atoms with Gasteiger partial charge in [0.15, 0.2) is 0 Å². The van der Waals surface area contributed by atoms with E-state index in [9.17, 15) is 28.4 Å². The molecule has 0 saturated carbocycles. The average Bonchev–Trinajstić information content (AvgIpc) is 2.62. The fourth-order valence-electron chi connectivity index (χ4n) is 2.62. The van der Waals surface area contributed by atoms with Gasteiger partial charge in [0.25, 0.3) is 5.69 Å². The molecular weight excluding hydrogens is 366 g/mol. The Hall–Kier alpha value is -2.24. The minimum atomic E-state index is -4.04. The fraction of sp³-hybridized carbons (Fsp3) is 0.533. The van der Waals surface area contributed by atoms with Gasteiger partial charge in [0.05, 0.1) is 23.8 Å². The zero-order chi connectivity index (χ0) is 19.3. The number of nitrogens with zero attached hydrogens (tertiary/aromatic N) is 2. The van der Waals surface area contributed by atoms with Crippen LogP contribution in [0.4, 0.5) is 11.4 Å². The lowest BCUT2D eigenvalue weighted by Gasteiger charge is -2.27.